The van der Waals surface area contributed by atoms with E-state index in [9.17, 15) is 4.79 Å². The number of carbonyl (C=O) groups is 1. The highest BCUT2D eigenvalue weighted by molar-refractivity contribution is 6.62. The second-order valence-electron chi connectivity index (χ2n) is 9.38. The van der Waals surface area contributed by atoms with E-state index in [1.54, 1.807) is 4.90 Å². The van der Waals surface area contributed by atoms with Crippen molar-refractivity contribution in [2.24, 2.45) is 0 Å². The van der Waals surface area contributed by atoms with E-state index in [4.69, 9.17) is 14.0 Å². The van der Waals surface area contributed by atoms with Crippen LogP contribution in [0, 0.1) is 0 Å². The number of ether oxygens (including phenoxy) is 1. The SMILES string of the molecule is C[C@@H]1Cc2cc(B3OC(C)(C)C(C)(C)O3)ccc2N1C(=O)OC(C)(C)C. The molecule has 0 saturated carbocycles. The smallest absolute Gasteiger partial charge is 0.443 e. The number of nitrogens with zero attached hydrogens (tertiary/aromatic N) is 1. The van der Waals surface area contributed by atoms with E-state index in [1.807, 2.05) is 67.5 Å². The third-order valence-corrected chi connectivity index (χ3v) is 5.43. The van der Waals surface area contributed by atoms with Gasteiger partial charge in [0.15, 0.2) is 0 Å². The first kappa shape index (κ1) is 19.2. The Morgan fingerprint density at radius 2 is 1.77 bits per heavy atom. The molecule has 0 radical (unpaired) electrons. The standard InChI is InChI=1S/C20H30BNO4/c1-13-11-14-12-15(21-25-19(5,6)20(7,8)26-21)9-10-16(14)22(13)17(23)24-18(2,3)4/h9-10,12-13H,11H2,1-8H3/t13-/m1/s1. The molecule has 1 aromatic carbocycles. The highest BCUT2D eigenvalue weighted by Gasteiger charge is 2.52. The van der Waals surface area contributed by atoms with Gasteiger partial charge >= 0.3 is 13.2 Å². The predicted octanol–water partition coefficient (Wildman–Crippen LogP) is 3.67. The van der Waals surface area contributed by atoms with E-state index in [0.29, 0.717) is 0 Å². The number of amides is 1. The first-order chi connectivity index (χ1) is 11.8. The van der Waals surface area contributed by atoms with Gasteiger partial charge in [0.05, 0.1) is 16.9 Å². The van der Waals surface area contributed by atoms with Crippen molar-refractivity contribution in [1.82, 2.24) is 0 Å². The zero-order valence-electron chi connectivity index (χ0n) is 17.2. The lowest BCUT2D eigenvalue weighted by Gasteiger charge is -2.32. The summed E-state index contributed by atoms with van der Waals surface area (Å²) in [4.78, 5) is 14.3. The van der Waals surface area contributed by atoms with Crippen molar-refractivity contribution in [2.45, 2.75) is 84.7 Å². The van der Waals surface area contributed by atoms with Gasteiger partial charge in [-0.05, 0) is 78.9 Å². The summed E-state index contributed by atoms with van der Waals surface area (Å²) >= 11 is 0. The molecule has 2 heterocycles. The first-order valence-corrected chi connectivity index (χ1v) is 9.31. The number of hydrogen-bond donors (Lipinski definition) is 0. The Morgan fingerprint density at radius 3 is 2.31 bits per heavy atom. The number of carbonyl (C=O) groups excluding carboxylic acids is 1. The maximum Gasteiger partial charge on any atom is 0.494 e. The number of benzene rings is 1. The Hall–Kier alpha value is -1.53. The summed E-state index contributed by atoms with van der Waals surface area (Å²) in [7, 11) is -0.392. The summed E-state index contributed by atoms with van der Waals surface area (Å²) in [5, 5.41) is 0. The Bertz CT molecular complexity index is 707. The molecule has 2 aliphatic rings. The fraction of sp³-hybridized carbons (Fsp3) is 0.650. The van der Waals surface area contributed by atoms with Crippen LogP contribution >= 0.6 is 0 Å². The van der Waals surface area contributed by atoms with Crippen LogP contribution in [-0.2, 0) is 20.5 Å². The summed E-state index contributed by atoms with van der Waals surface area (Å²) < 4.78 is 17.9. The molecule has 142 valence electrons. The minimum absolute atomic E-state index is 0.0633. The molecule has 6 heteroatoms. The van der Waals surface area contributed by atoms with Crippen molar-refractivity contribution in [2.75, 3.05) is 4.90 Å². The zero-order valence-corrected chi connectivity index (χ0v) is 17.2. The molecule has 0 N–H and O–H groups in total. The van der Waals surface area contributed by atoms with Gasteiger partial charge in [-0.15, -0.1) is 0 Å². The molecule has 1 aromatic rings. The lowest BCUT2D eigenvalue weighted by atomic mass is 9.78. The molecule has 3 rings (SSSR count). The van der Waals surface area contributed by atoms with Crippen molar-refractivity contribution in [3.05, 3.63) is 23.8 Å². The highest BCUT2D eigenvalue weighted by Crippen LogP contribution is 2.38. The lowest BCUT2D eigenvalue weighted by Crippen LogP contribution is -2.41. The molecule has 0 aliphatic carbocycles. The molecule has 5 nitrogen and oxygen atoms in total. The van der Waals surface area contributed by atoms with Crippen LogP contribution in [0.1, 0.15) is 61.0 Å². The van der Waals surface area contributed by atoms with Crippen molar-refractivity contribution >= 4 is 24.4 Å². The van der Waals surface area contributed by atoms with Gasteiger partial charge in [-0.2, -0.15) is 0 Å². The Labute approximate surface area is 157 Å². The molecule has 1 atom stereocenters. The van der Waals surface area contributed by atoms with E-state index in [-0.39, 0.29) is 23.3 Å². The maximum atomic E-state index is 12.6. The molecule has 0 unspecified atom stereocenters. The molecule has 0 spiro atoms. The minimum Gasteiger partial charge on any atom is -0.443 e. The van der Waals surface area contributed by atoms with Gasteiger partial charge < -0.3 is 14.0 Å². The van der Waals surface area contributed by atoms with Crippen molar-refractivity contribution in [1.29, 1.82) is 0 Å². The second kappa shape index (κ2) is 5.99. The largest absolute Gasteiger partial charge is 0.494 e. The Morgan fingerprint density at radius 1 is 1.19 bits per heavy atom. The van der Waals surface area contributed by atoms with Crippen LogP contribution in [0.15, 0.2) is 18.2 Å². The van der Waals surface area contributed by atoms with Crippen molar-refractivity contribution < 1.29 is 18.8 Å². The fourth-order valence-corrected chi connectivity index (χ4v) is 3.37. The monoisotopic (exact) mass is 359 g/mol. The quantitative estimate of drug-likeness (QED) is 0.718. The van der Waals surface area contributed by atoms with Crippen LogP contribution in [0.3, 0.4) is 0 Å². The van der Waals surface area contributed by atoms with Gasteiger partial charge in [0.25, 0.3) is 0 Å². The molecule has 0 bridgehead atoms. The van der Waals surface area contributed by atoms with Gasteiger partial charge in [0.2, 0.25) is 0 Å². The first-order valence-electron chi connectivity index (χ1n) is 9.31. The van der Waals surface area contributed by atoms with E-state index in [2.05, 4.69) is 6.07 Å². The normalized spacial score (nSPS) is 23.9. The van der Waals surface area contributed by atoms with Crippen molar-refractivity contribution in [3.8, 4) is 0 Å². The maximum absolute atomic E-state index is 12.6. The predicted molar refractivity (Wildman–Crippen MR) is 104 cm³/mol. The van der Waals surface area contributed by atoms with Crippen LogP contribution in [0.4, 0.5) is 10.5 Å². The zero-order chi connectivity index (χ0) is 19.5. The third-order valence-electron chi connectivity index (χ3n) is 5.43. The number of anilines is 1. The average Bonchev–Trinajstić information content (AvgIpc) is 2.88. The molecular weight excluding hydrogens is 329 g/mol. The van der Waals surface area contributed by atoms with E-state index >= 15 is 0 Å². The summed E-state index contributed by atoms with van der Waals surface area (Å²) in [5.74, 6) is 0. The topological polar surface area (TPSA) is 48.0 Å². The number of hydrogen-bond acceptors (Lipinski definition) is 4. The van der Waals surface area contributed by atoms with Gasteiger partial charge in [-0.3, -0.25) is 4.90 Å². The van der Waals surface area contributed by atoms with Crippen LogP contribution < -0.4 is 10.4 Å². The molecule has 1 amide bonds. The summed E-state index contributed by atoms with van der Waals surface area (Å²) in [5.41, 5.74) is 1.77. The van der Waals surface area contributed by atoms with E-state index in [1.165, 1.54) is 0 Å². The average molecular weight is 359 g/mol. The molecule has 2 aliphatic heterocycles. The highest BCUT2D eigenvalue weighted by atomic mass is 16.7. The minimum atomic E-state index is -0.512. The van der Waals surface area contributed by atoms with Crippen LogP contribution in [0.2, 0.25) is 0 Å². The van der Waals surface area contributed by atoms with Crippen LogP contribution in [0.5, 0.6) is 0 Å². The van der Waals surface area contributed by atoms with E-state index in [0.717, 1.165) is 23.1 Å². The second-order valence-corrected chi connectivity index (χ2v) is 9.38. The molecular formula is C20H30BNO4. The molecule has 1 fully saturated rings. The lowest BCUT2D eigenvalue weighted by molar-refractivity contribution is 0.00578. The molecule has 26 heavy (non-hydrogen) atoms. The van der Waals surface area contributed by atoms with Gasteiger partial charge in [0.1, 0.15) is 5.60 Å². The molecule has 1 saturated heterocycles. The van der Waals surface area contributed by atoms with Crippen molar-refractivity contribution in [3.63, 3.8) is 0 Å². The van der Waals surface area contributed by atoms with Crippen LogP contribution in [0.25, 0.3) is 0 Å². The van der Waals surface area contributed by atoms with E-state index < -0.39 is 12.7 Å². The summed E-state index contributed by atoms with van der Waals surface area (Å²) in [6.07, 6.45) is 0.495. The van der Waals surface area contributed by atoms with Gasteiger partial charge in [0, 0.05) is 6.04 Å². The third kappa shape index (κ3) is 3.37. The summed E-state index contributed by atoms with van der Waals surface area (Å²) in [6.45, 7) is 15.9. The Kier molecular flexibility index (Phi) is 4.44. The van der Waals surface area contributed by atoms with Gasteiger partial charge in [-0.1, -0.05) is 12.1 Å². The van der Waals surface area contributed by atoms with Gasteiger partial charge in [-0.25, -0.2) is 4.79 Å². The summed E-state index contributed by atoms with van der Waals surface area (Å²) in [6, 6.07) is 6.12. The number of rotatable bonds is 1. The number of fused-ring (bicyclic) bond motifs is 1. The fourth-order valence-electron chi connectivity index (χ4n) is 3.37. The van der Waals surface area contributed by atoms with Crippen LogP contribution in [-0.4, -0.2) is 36.1 Å². The molecule has 0 aromatic heterocycles. The Balaban J connectivity index is 1.85.